The minimum atomic E-state index is 0. The van der Waals surface area contributed by atoms with Crippen molar-refractivity contribution in [2.75, 3.05) is 26.2 Å². The first-order valence-corrected chi connectivity index (χ1v) is 11.2. The second-order valence-electron chi connectivity index (χ2n) is 8.76. The van der Waals surface area contributed by atoms with Gasteiger partial charge in [-0.3, -0.25) is 9.69 Å². The molecule has 30 heavy (non-hydrogen) atoms. The fraction of sp³-hybridized carbons (Fsp3) is 0.500. The first-order valence-electron chi connectivity index (χ1n) is 11.2. The Kier molecular flexibility index (Phi) is 9.58. The number of aryl methyl sites for hydroxylation is 1. The van der Waals surface area contributed by atoms with Gasteiger partial charge in [0.25, 0.3) is 0 Å². The van der Waals surface area contributed by atoms with Crippen LogP contribution in [0.25, 0.3) is 5.32 Å². The van der Waals surface area contributed by atoms with Gasteiger partial charge >= 0.3 is 0 Å². The minimum Gasteiger partial charge on any atom is -0.662 e. The summed E-state index contributed by atoms with van der Waals surface area (Å²) < 4.78 is 0. The van der Waals surface area contributed by atoms with Gasteiger partial charge < -0.3 is 5.32 Å². The van der Waals surface area contributed by atoms with Crippen LogP contribution < -0.4 is 0 Å². The zero-order valence-corrected chi connectivity index (χ0v) is 23.0. The Morgan fingerprint density at radius 1 is 1.03 bits per heavy atom. The van der Waals surface area contributed by atoms with E-state index in [1.165, 1.54) is 22.3 Å². The van der Waals surface area contributed by atoms with Crippen LogP contribution in [0.2, 0.25) is 0 Å². The number of hydrogen-bond acceptors (Lipinski definition) is 2. The quantitative estimate of drug-likeness (QED) is 0.411. The molecule has 2 aromatic carbocycles. The minimum absolute atomic E-state index is 0. The van der Waals surface area contributed by atoms with E-state index in [0.717, 1.165) is 70.4 Å². The number of hydrogen-bond donors (Lipinski definition) is 0. The molecule has 2 aliphatic rings. The summed E-state index contributed by atoms with van der Waals surface area (Å²) in [5.74, 6) is 1.00. The van der Waals surface area contributed by atoms with Crippen LogP contribution in [0.5, 0.6) is 0 Å². The predicted octanol–water partition coefficient (Wildman–Crippen LogP) is 5.34. The van der Waals surface area contributed by atoms with Crippen LogP contribution in [0, 0.1) is 56.9 Å². The summed E-state index contributed by atoms with van der Waals surface area (Å²) in [6.07, 6.45) is 6.13. The van der Waals surface area contributed by atoms with Crippen molar-refractivity contribution >= 4 is 5.78 Å². The third-order valence-electron chi connectivity index (χ3n) is 6.75. The zero-order chi connectivity index (χ0) is 20.1. The van der Waals surface area contributed by atoms with Crippen molar-refractivity contribution in [3.05, 3.63) is 75.6 Å². The molecular weight excluding hydrogens is 583 g/mol. The van der Waals surface area contributed by atoms with Gasteiger partial charge in [0.15, 0.2) is 5.78 Å². The summed E-state index contributed by atoms with van der Waals surface area (Å²) in [6, 6.07) is 15.1. The van der Waals surface area contributed by atoms with Crippen LogP contribution in [0.15, 0.2) is 42.5 Å². The van der Waals surface area contributed by atoms with Crippen LogP contribution in [0.4, 0.5) is 0 Å². The van der Waals surface area contributed by atoms with Gasteiger partial charge in [-0.25, -0.2) is 0 Å². The van der Waals surface area contributed by atoms with Crippen molar-refractivity contribution < 1.29 is 48.9 Å². The number of fused-ring (bicyclic) bond motifs is 1. The van der Waals surface area contributed by atoms with Crippen molar-refractivity contribution in [1.29, 1.82) is 0 Å². The molecule has 0 unspecified atom stereocenters. The molecule has 1 saturated heterocycles. The summed E-state index contributed by atoms with van der Waals surface area (Å²) in [7, 11) is 0. The predicted molar refractivity (Wildman–Crippen MR) is 120 cm³/mol. The Labute approximate surface area is 217 Å². The fourth-order valence-corrected chi connectivity index (χ4v) is 4.70. The smallest absolute Gasteiger partial charge is 0.162 e. The molecule has 0 bridgehead atoms. The van der Waals surface area contributed by atoms with E-state index in [2.05, 4.69) is 59.6 Å². The van der Waals surface area contributed by atoms with E-state index in [-0.39, 0.29) is 44.1 Å². The van der Waals surface area contributed by atoms with Crippen molar-refractivity contribution in [3.8, 4) is 0 Å². The third kappa shape index (κ3) is 6.49. The summed E-state index contributed by atoms with van der Waals surface area (Å²) in [5.41, 5.74) is 6.50. The van der Waals surface area contributed by atoms with Gasteiger partial charge in [0.2, 0.25) is 0 Å². The van der Waals surface area contributed by atoms with Crippen LogP contribution in [-0.2, 0) is 19.4 Å². The molecule has 4 heteroatoms. The van der Waals surface area contributed by atoms with Gasteiger partial charge in [-0.15, -0.1) is 13.1 Å². The summed E-state index contributed by atoms with van der Waals surface area (Å²) in [6.45, 7) is 7.32. The monoisotopic (exact) mass is 616 g/mol. The molecule has 0 saturated carbocycles. The summed E-state index contributed by atoms with van der Waals surface area (Å²) in [4.78, 5) is 15.3. The second-order valence-corrected chi connectivity index (χ2v) is 8.76. The maximum Gasteiger partial charge on any atom is 0.162 e. The van der Waals surface area contributed by atoms with Gasteiger partial charge in [0.1, 0.15) is 0 Å². The van der Waals surface area contributed by atoms with E-state index >= 15 is 0 Å². The van der Waals surface area contributed by atoms with E-state index in [0.29, 0.717) is 18.1 Å². The number of piperidine rings is 1. The fourth-order valence-electron chi connectivity index (χ4n) is 4.70. The first kappa shape index (κ1) is 24.1. The number of carbonyl (C=O) groups is 1. The van der Waals surface area contributed by atoms with E-state index < -0.39 is 0 Å². The molecule has 1 radical (unpaired) electrons. The Morgan fingerprint density at radius 2 is 1.77 bits per heavy atom. The molecular formula is C26H33AcN2O-. The van der Waals surface area contributed by atoms with Crippen LogP contribution in [0.1, 0.15) is 58.3 Å². The Hall–Kier alpha value is -0.528. The molecule has 157 valence electrons. The molecule has 0 amide bonds. The van der Waals surface area contributed by atoms with Crippen LogP contribution in [0.3, 0.4) is 0 Å². The molecule has 0 atom stereocenters. The average Bonchev–Trinajstić information content (AvgIpc) is 2.96. The maximum atomic E-state index is 12.8. The van der Waals surface area contributed by atoms with Crippen LogP contribution >= 0.6 is 0 Å². The second kappa shape index (κ2) is 11.9. The average molecular weight is 617 g/mol. The molecule has 0 spiro atoms. The SMILES string of the molecule is Cc1ccccc1CN1CCc2ccc(C(=O)CCC3CC[N-]CC3)cc2CC1.[Ac]. The molecule has 1 fully saturated rings. The summed E-state index contributed by atoms with van der Waals surface area (Å²) in [5, 5.41) is 4.42. The maximum absolute atomic E-state index is 12.8. The molecule has 0 aromatic heterocycles. The van der Waals surface area contributed by atoms with Crippen molar-refractivity contribution in [2.24, 2.45) is 5.92 Å². The molecule has 3 nitrogen and oxygen atoms in total. The molecule has 4 rings (SSSR count). The largest absolute Gasteiger partial charge is 0.662 e. The Morgan fingerprint density at radius 3 is 2.53 bits per heavy atom. The van der Waals surface area contributed by atoms with Gasteiger partial charge in [0, 0.05) is 75.7 Å². The van der Waals surface area contributed by atoms with Gasteiger partial charge in [-0.05, 0) is 60.4 Å². The number of nitrogens with zero attached hydrogens (tertiary/aromatic N) is 2. The number of rotatable bonds is 6. The Balaban J connectivity index is 0.00000256. The van der Waals surface area contributed by atoms with Crippen molar-refractivity contribution in [3.63, 3.8) is 0 Å². The van der Waals surface area contributed by atoms with Gasteiger partial charge in [0.05, 0.1) is 0 Å². The van der Waals surface area contributed by atoms with Crippen LogP contribution in [-0.4, -0.2) is 36.9 Å². The van der Waals surface area contributed by atoms with E-state index in [9.17, 15) is 4.79 Å². The molecule has 2 aromatic rings. The van der Waals surface area contributed by atoms with Crippen molar-refractivity contribution in [1.82, 2.24) is 4.90 Å². The number of Topliss-reactive ketones (excluding diaryl/α,β-unsaturated/α-hetero) is 1. The number of benzene rings is 2. The molecule has 0 N–H and O–H groups in total. The van der Waals surface area contributed by atoms with E-state index in [4.69, 9.17) is 0 Å². The molecule has 2 heterocycles. The van der Waals surface area contributed by atoms with E-state index in [1.807, 2.05) is 0 Å². The third-order valence-corrected chi connectivity index (χ3v) is 6.75. The molecule has 0 aliphatic carbocycles. The number of ketones is 1. The van der Waals surface area contributed by atoms with E-state index in [1.54, 1.807) is 0 Å². The zero-order valence-electron chi connectivity index (χ0n) is 18.3. The van der Waals surface area contributed by atoms with Gasteiger partial charge in [-0.1, -0.05) is 49.2 Å². The number of carbonyl (C=O) groups excluding carboxylic acids is 1. The molecule has 2 aliphatic heterocycles. The van der Waals surface area contributed by atoms with Gasteiger partial charge in [-0.2, -0.15) is 0 Å². The standard InChI is InChI=1S/C26H33N2O.Ac/c1-20-4-2-3-5-25(20)19-28-16-12-22-7-8-24(18-23(22)13-17-28)26(29)9-6-21-10-14-27-15-11-21;/h2-5,7-8,18,21H,6,9-17,19H2,1H3;/q-1;. The Bertz CT molecular complexity index is 845. The topological polar surface area (TPSA) is 34.4 Å². The first-order chi connectivity index (χ1) is 14.2. The summed E-state index contributed by atoms with van der Waals surface area (Å²) >= 11 is 0. The normalized spacial score (nSPS) is 17.6. The van der Waals surface area contributed by atoms with Crippen molar-refractivity contribution in [2.45, 2.75) is 52.0 Å².